The fourth-order valence-electron chi connectivity index (χ4n) is 2.57. The summed E-state index contributed by atoms with van der Waals surface area (Å²) in [5.74, 6) is 0.236. The lowest BCUT2D eigenvalue weighted by molar-refractivity contribution is -0.118. The van der Waals surface area contributed by atoms with Gasteiger partial charge in [-0.25, -0.2) is 0 Å². The van der Waals surface area contributed by atoms with E-state index in [0.717, 1.165) is 6.42 Å². The number of aryl methyl sites for hydroxylation is 1. The van der Waals surface area contributed by atoms with Gasteiger partial charge >= 0.3 is 0 Å². The highest BCUT2D eigenvalue weighted by atomic mass is 16.1. The van der Waals surface area contributed by atoms with Gasteiger partial charge in [-0.2, -0.15) is 0 Å². The number of hydrogen-bond acceptors (Lipinski definition) is 2. The molecule has 0 amide bonds. The molecule has 0 N–H and O–H groups in total. The molecule has 0 aliphatic carbocycles. The molecular formula is C14H19NO. The molecule has 2 nitrogen and oxygen atoms in total. The van der Waals surface area contributed by atoms with E-state index < -0.39 is 0 Å². The molecule has 1 heterocycles. The third-order valence-electron chi connectivity index (χ3n) is 3.51. The van der Waals surface area contributed by atoms with Crippen molar-refractivity contribution in [1.29, 1.82) is 0 Å². The largest absolute Gasteiger partial charge is 0.359 e. The van der Waals surface area contributed by atoms with Gasteiger partial charge in [0.2, 0.25) is 0 Å². The van der Waals surface area contributed by atoms with Gasteiger partial charge in [0.15, 0.2) is 5.78 Å². The normalized spacial score (nSPS) is 20.8. The standard InChI is InChI=1S/C14H19NO/c1-9-5-6-14-13(7-9)8-10(2)15(14)11(3)12(4)16/h5-7,10-11H,8H2,1-4H3. The molecule has 0 fully saturated rings. The average Bonchev–Trinajstić information content (AvgIpc) is 2.51. The predicted octanol–water partition coefficient (Wildman–Crippen LogP) is 2.72. The third-order valence-corrected chi connectivity index (χ3v) is 3.51. The van der Waals surface area contributed by atoms with Gasteiger partial charge in [-0.3, -0.25) is 4.79 Å². The van der Waals surface area contributed by atoms with E-state index in [2.05, 4.69) is 36.9 Å². The van der Waals surface area contributed by atoms with E-state index >= 15 is 0 Å². The first-order valence-electron chi connectivity index (χ1n) is 5.89. The van der Waals surface area contributed by atoms with Gasteiger partial charge in [0.05, 0.1) is 6.04 Å². The molecule has 1 aromatic rings. The van der Waals surface area contributed by atoms with Crippen molar-refractivity contribution in [1.82, 2.24) is 0 Å². The zero-order valence-corrected chi connectivity index (χ0v) is 10.4. The Morgan fingerprint density at radius 1 is 1.50 bits per heavy atom. The van der Waals surface area contributed by atoms with E-state index in [4.69, 9.17) is 0 Å². The van der Waals surface area contributed by atoms with Gasteiger partial charge in [-0.1, -0.05) is 17.7 Å². The molecule has 0 saturated carbocycles. The van der Waals surface area contributed by atoms with Crippen molar-refractivity contribution in [3.8, 4) is 0 Å². The molecule has 2 atom stereocenters. The highest BCUT2D eigenvalue weighted by Crippen LogP contribution is 2.34. The Kier molecular flexibility index (Phi) is 2.75. The third kappa shape index (κ3) is 1.73. The Morgan fingerprint density at radius 2 is 2.19 bits per heavy atom. The van der Waals surface area contributed by atoms with E-state index in [1.807, 2.05) is 6.92 Å². The molecule has 2 rings (SSSR count). The van der Waals surface area contributed by atoms with Crippen molar-refractivity contribution in [2.24, 2.45) is 0 Å². The van der Waals surface area contributed by atoms with E-state index in [9.17, 15) is 4.79 Å². The maximum Gasteiger partial charge on any atom is 0.151 e. The Morgan fingerprint density at radius 3 is 2.81 bits per heavy atom. The first kappa shape index (κ1) is 11.2. The quantitative estimate of drug-likeness (QED) is 0.759. The number of benzene rings is 1. The molecule has 16 heavy (non-hydrogen) atoms. The number of carbonyl (C=O) groups is 1. The number of rotatable bonds is 2. The van der Waals surface area contributed by atoms with Crippen LogP contribution in [0.25, 0.3) is 0 Å². The van der Waals surface area contributed by atoms with Crippen LogP contribution in [0.15, 0.2) is 18.2 Å². The van der Waals surface area contributed by atoms with Gasteiger partial charge in [0.1, 0.15) is 0 Å². The van der Waals surface area contributed by atoms with Gasteiger partial charge in [-0.15, -0.1) is 0 Å². The number of fused-ring (bicyclic) bond motifs is 1. The smallest absolute Gasteiger partial charge is 0.151 e. The SMILES string of the molecule is CC(=O)C(C)N1c2ccc(C)cc2CC1C. The van der Waals surface area contributed by atoms with Crippen molar-refractivity contribution in [3.05, 3.63) is 29.3 Å². The summed E-state index contributed by atoms with van der Waals surface area (Å²) in [7, 11) is 0. The molecule has 0 spiro atoms. The second-order valence-electron chi connectivity index (χ2n) is 4.88. The van der Waals surface area contributed by atoms with Crippen LogP contribution in [0.4, 0.5) is 5.69 Å². The first-order chi connectivity index (χ1) is 7.50. The highest BCUT2D eigenvalue weighted by molar-refractivity contribution is 5.85. The minimum absolute atomic E-state index is 0.0149. The molecule has 0 bridgehead atoms. The summed E-state index contributed by atoms with van der Waals surface area (Å²) in [6.07, 6.45) is 1.05. The van der Waals surface area contributed by atoms with E-state index in [1.165, 1.54) is 16.8 Å². The second-order valence-corrected chi connectivity index (χ2v) is 4.88. The molecule has 0 radical (unpaired) electrons. The Bertz CT molecular complexity index is 425. The molecular weight excluding hydrogens is 198 g/mol. The van der Waals surface area contributed by atoms with E-state index in [1.54, 1.807) is 6.92 Å². The van der Waals surface area contributed by atoms with Crippen molar-refractivity contribution in [3.63, 3.8) is 0 Å². The predicted molar refractivity (Wildman–Crippen MR) is 67.0 cm³/mol. The summed E-state index contributed by atoms with van der Waals surface area (Å²) in [6, 6.07) is 6.91. The molecule has 86 valence electrons. The van der Waals surface area contributed by atoms with Gasteiger partial charge in [0, 0.05) is 11.7 Å². The van der Waals surface area contributed by atoms with Crippen LogP contribution in [0.3, 0.4) is 0 Å². The minimum atomic E-state index is -0.0149. The topological polar surface area (TPSA) is 20.3 Å². The number of anilines is 1. The lowest BCUT2D eigenvalue weighted by atomic mass is 10.1. The highest BCUT2D eigenvalue weighted by Gasteiger charge is 2.31. The average molecular weight is 217 g/mol. The second kappa shape index (κ2) is 3.93. The van der Waals surface area contributed by atoms with Crippen LogP contribution in [0.2, 0.25) is 0 Å². The number of Topliss-reactive ketones (excluding diaryl/α,β-unsaturated/α-hetero) is 1. The van der Waals surface area contributed by atoms with Crippen molar-refractivity contribution in [2.75, 3.05) is 4.90 Å². The van der Waals surface area contributed by atoms with Crippen molar-refractivity contribution in [2.45, 2.75) is 46.2 Å². The van der Waals surface area contributed by atoms with Crippen LogP contribution in [-0.4, -0.2) is 17.9 Å². The Labute approximate surface area is 97.3 Å². The van der Waals surface area contributed by atoms with Crippen LogP contribution in [0.1, 0.15) is 31.9 Å². The minimum Gasteiger partial charge on any atom is -0.359 e. The van der Waals surface area contributed by atoms with E-state index in [-0.39, 0.29) is 11.8 Å². The fourth-order valence-corrected chi connectivity index (χ4v) is 2.57. The van der Waals surface area contributed by atoms with Crippen LogP contribution >= 0.6 is 0 Å². The summed E-state index contributed by atoms with van der Waals surface area (Å²) in [6.45, 7) is 7.97. The zero-order chi connectivity index (χ0) is 11.9. The van der Waals surface area contributed by atoms with Gasteiger partial charge < -0.3 is 4.90 Å². The molecule has 1 aliphatic heterocycles. The summed E-state index contributed by atoms with van der Waals surface area (Å²) in [5, 5.41) is 0. The Balaban J connectivity index is 2.40. The molecule has 0 saturated heterocycles. The van der Waals surface area contributed by atoms with Crippen LogP contribution in [-0.2, 0) is 11.2 Å². The molecule has 1 aromatic carbocycles. The van der Waals surface area contributed by atoms with Crippen molar-refractivity contribution < 1.29 is 4.79 Å². The Hall–Kier alpha value is -1.31. The van der Waals surface area contributed by atoms with Crippen LogP contribution in [0.5, 0.6) is 0 Å². The molecule has 1 aliphatic rings. The maximum absolute atomic E-state index is 11.5. The molecule has 2 heteroatoms. The lowest BCUT2D eigenvalue weighted by Gasteiger charge is -2.30. The summed E-state index contributed by atoms with van der Waals surface area (Å²) < 4.78 is 0. The monoisotopic (exact) mass is 217 g/mol. The van der Waals surface area contributed by atoms with E-state index in [0.29, 0.717) is 6.04 Å². The number of hydrogen-bond donors (Lipinski definition) is 0. The van der Waals surface area contributed by atoms with Crippen LogP contribution in [0, 0.1) is 6.92 Å². The first-order valence-corrected chi connectivity index (χ1v) is 5.89. The van der Waals surface area contributed by atoms with Gasteiger partial charge in [0.25, 0.3) is 0 Å². The maximum atomic E-state index is 11.5. The summed E-state index contributed by atoms with van der Waals surface area (Å²) >= 11 is 0. The van der Waals surface area contributed by atoms with Crippen LogP contribution < -0.4 is 4.90 Å². The summed E-state index contributed by atoms with van der Waals surface area (Å²) in [4.78, 5) is 13.8. The number of nitrogens with zero attached hydrogens (tertiary/aromatic N) is 1. The van der Waals surface area contributed by atoms with Crippen molar-refractivity contribution >= 4 is 11.5 Å². The fraction of sp³-hybridized carbons (Fsp3) is 0.500. The molecule has 2 unspecified atom stereocenters. The summed E-state index contributed by atoms with van der Waals surface area (Å²) in [5.41, 5.74) is 3.91. The lowest BCUT2D eigenvalue weighted by Crippen LogP contribution is -2.41. The number of carbonyl (C=O) groups excluding carboxylic acids is 1. The molecule has 0 aromatic heterocycles. The zero-order valence-electron chi connectivity index (χ0n) is 10.4. The number of ketones is 1. The van der Waals surface area contributed by atoms with Gasteiger partial charge in [-0.05, 0) is 45.7 Å².